The number of benzene rings is 5. The standard InChI is InChI=1S/C30H34Si2/c1-19-25-13-9-22-18-24(32(6,7)8)12-16-28(22)30(25)20(2)26-14-10-21-17-23(31(3,4)5)11-15-27(21)29(19)26/h9-18H,1-8H3. The molecule has 0 fully saturated rings. The highest BCUT2D eigenvalue weighted by molar-refractivity contribution is 6.89. The van der Waals surface area contributed by atoms with Gasteiger partial charge in [-0.15, -0.1) is 0 Å². The van der Waals surface area contributed by atoms with Gasteiger partial charge < -0.3 is 0 Å². The smallest absolute Gasteiger partial charge is 0.0656 e. The predicted octanol–water partition coefficient (Wildman–Crippen LogP) is 8.01. The van der Waals surface area contributed by atoms with E-state index in [1.165, 1.54) is 64.6 Å². The molecule has 0 atom stereocenters. The van der Waals surface area contributed by atoms with E-state index < -0.39 is 16.1 Å². The summed E-state index contributed by atoms with van der Waals surface area (Å²) < 4.78 is 0. The van der Waals surface area contributed by atoms with Gasteiger partial charge in [0, 0.05) is 0 Å². The molecule has 5 aromatic carbocycles. The van der Waals surface area contributed by atoms with E-state index in [1.807, 2.05) is 0 Å². The van der Waals surface area contributed by atoms with Gasteiger partial charge in [-0.2, -0.15) is 0 Å². The van der Waals surface area contributed by atoms with Gasteiger partial charge in [-0.25, -0.2) is 0 Å². The maximum atomic E-state index is 2.44. The number of aryl methyl sites for hydroxylation is 2. The zero-order valence-corrected chi connectivity index (χ0v) is 22.8. The van der Waals surface area contributed by atoms with Crippen LogP contribution in [0.15, 0.2) is 60.7 Å². The average molecular weight is 451 g/mol. The Morgan fingerprint density at radius 3 is 1.12 bits per heavy atom. The molecule has 0 aliphatic carbocycles. The molecule has 2 heteroatoms. The summed E-state index contributed by atoms with van der Waals surface area (Å²) >= 11 is 0. The minimum absolute atomic E-state index is 1.33. The first-order valence-electron chi connectivity index (χ1n) is 11.8. The molecule has 0 saturated carbocycles. The Balaban J connectivity index is 1.88. The molecular weight excluding hydrogens is 417 g/mol. The van der Waals surface area contributed by atoms with Crippen molar-refractivity contribution < 1.29 is 0 Å². The van der Waals surface area contributed by atoms with Crippen LogP contribution in [0.2, 0.25) is 39.3 Å². The third-order valence-corrected chi connectivity index (χ3v) is 11.4. The highest BCUT2D eigenvalue weighted by Gasteiger charge is 2.20. The average Bonchev–Trinajstić information content (AvgIpc) is 2.74. The molecular formula is C30H34Si2. The highest BCUT2D eigenvalue weighted by Crippen LogP contribution is 2.39. The summed E-state index contributed by atoms with van der Waals surface area (Å²) in [5, 5.41) is 14.2. The van der Waals surface area contributed by atoms with Crippen LogP contribution < -0.4 is 10.4 Å². The lowest BCUT2D eigenvalue weighted by atomic mass is 9.88. The molecule has 0 nitrogen and oxygen atoms in total. The van der Waals surface area contributed by atoms with E-state index in [4.69, 9.17) is 0 Å². The van der Waals surface area contributed by atoms with Crippen LogP contribution in [0, 0.1) is 13.8 Å². The SMILES string of the molecule is Cc1c2ccc3cc([Si](C)(C)C)ccc3c2c(C)c2ccc3cc([Si](C)(C)C)ccc3c12. The van der Waals surface area contributed by atoms with Gasteiger partial charge >= 0.3 is 0 Å². The van der Waals surface area contributed by atoms with Crippen LogP contribution in [0.3, 0.4) is 0 Å². The molecule has 0 spiro atoms. The zero-order chi connectivity index (χ0) is 23.0. The molecule has 0 N–H and O–H groups in total. The molecule has 5 rings (SSSR count). The molecule has 0 radical (unpaired) electrons. The largest absolute Gasteiger partial charge is 0.0776 e. The monoisotopic (exact) mass is 450 g/mol. The minimum Gasteiger partial charge on any atom is -0.0656 e. The van der Waals surface area contributed by atoms with Crippen molar-refractivity contribution in [2.24, 2.45) is 0 Å². The van der Waals surface area contributed by atoms with Crippen molar-refractivity contribution >= 4 is 69.6 Å². The van der Waals surface area contributed by atoms with Crippen molar-refractivity contribution in [1.82, 2.24) is 0 Å². The summed E-state index contributed by atoms with van der Waals surface area (Å²) in [7, 11) is -2.66. The normalized spacial score (nSPS) is 13.0. The van der Waals surface area contributed by atoms with Gasteiger partial charge in [0.25, 0.3) is 0 Å². The Hall–Kier alpha value is -2.43. The lowest BCUT2D eigenvalue weighted by Crippen LogP contribution is -2.37. The second-order valence-electron chi connectivity index (χ2n) is 11.6. The van der Waals surface area contributed by atoms with Crippen LogP contribution in [-0.2, 0) is 0 Å². The van der Waals surface area contributed by atoms with Gasteiger partial charge in [0.05, 0.1) is 16.1 Å². The zero-order valence-electron chi connectivity index (χ0n) is 20.8. The summed E-state index contributed by atoms with van der Waals surface area (Å²) in [5.41, 5.74) is 2.81. The summed E-state index contributed by atoms with van der Waals surface area (Å²) in [6.07, 6.45) is 0. The first kappa shape index (κ1) is 21.4. The summed E-state index contributed by atoms with van der Waals surface area (Å²) in [6, 6.07) is 23.8. The highest BCUT2D eigenvalue weighted by atomic mass is 28.3. The predicted molar refractivity (Wildman–Crippen MR) is 152 cm³/mol. The molecule has 0 amide bonds. The summed E-state index contributed by atoms with van der Waals surface area (Å²) in [6.45, 7) is 19.2. The second kappa shape index (κ2) is 7.03. The van der Waals surface area contributed by atoms with E-state index in [-0.39, 0.29) is 0 Å². The van der Waals surface area contributed by atoms with Crippen LogP contribution in [0.4, 0.5) is 0 Å². The number of fused-ring (bicyclic) bond motifs is 6. The van der Waals surface area contributed by atoms with Crippen LogP contribution in [-0.4, -0.2) is 16.1 Å². The van der Waals surface area contributed by atoms with Crippen molar-refractivity contribution in [1.29, 1.82) is 0 Å². The van der Waals surface area contributed by atoms with Crippen molar-refractivity contribution in [2.45, 2.75) is 53.1 Å². The van der Waals surface area contributed by atoms with Crippen molar-refractivity contribution in [3.63, 3.8) is 0 Å². The van der Waals surface area contributed by atoms with Crippen LogP contribution in [0.25, 0.3) is 43.1 Å². The van der Waals surface area contributed by atoms with Gasteiger partial charge in [-0.1, -0.05) is 110 Å². The minimum atomic E-state index is -1.33. The summed E-state index contributed by atoms with van der Waals surface area (Å²) in [4.78, 5) is 0. The van der Waals surface area contributed by atoms with E-state index in [9.17, 15) is 0 Å². The van der Waals surface area contributed by atoms with Gasteiger partial charge in [0.1, 0.15) is 0 Å². The lowest BCUT2D eigenvalue weighted by Gasteiger charge is -2.20. The maximum absolute atomic E-state index is 2.44. The Bertz CT molecular complexity index is 1420. The van der Waals surface area contributed by atoms with E-state index >= 15 is 0 Å². The van der Waals surface area contributed by atoms with E-state index in [0.717, 1.165) is 0 Å². The summed E-state index contributed by atoms with van der Waals surface area (Å²) in [5.74, 6) is 0. The maximum Gasteiger partial charge on any atom is 0.0776 e. The quantitative estimate of drug-likeness (QED) is 0.145. The van der Waals surface area contributed by atoms with Gasteiger partial charge in [-0.05, 0) is 68.1 Å². The van der Waals surface area contributed by atoms with Crippen molar-refractivity contribution in [2.75, 3.05) is 0 Å². The van der Waals surface area contributed by atoms with Crippen molar-refractivity contribution in [3.8, 4) is 0 Å². The molecule has 32 heavy (non-hydrogen) atoms. The molecule has 0 aliphatic heterocycles. The topological polar surface area (TPSA) is 0 Å². The Morgan fingerprint density at radius 1 is 0.438 bits per heavy atom. The fraction of sp³-hybridized carbons (Fsp3) is 0.267. The Labute approximate surface area is 194 Å². The molecule has 0 heterocycles. The first-order valence-corrected chi connectivity index (χ1v) is 18.8. The lowest BCUT2D eigenvalue weighted by molar-refractivity contribution is 1.54. The molecule has 162 valence electrons. The van der Waals surface area contributed by atoms with Crippen molar-refractivity contribution in [3.05, 3.63) is 71.8 Å². The van der Waals surface area contributed by atoms with E-state index in [2.05, 4.69) is 114 Å². The number of hydrogen-bond acceptors (Lipinski definition) is 0. The molecule has 0 aromatic heterocycles. The van der Waals surface area contributed by atoms with Crippen LogP contribution >= 0.6 is 0 Å². The third-order valence-electron chi connectivity index (χ3n) is 7.33. The first-order chi connectivity index (χ1) is 15.0. The second-order valence-corrected chi connectivity index (χ2v) is 21.8. The number of rotatable bonds is 2. The molecule has 0 saturated heterocycles. The Morgan fingerprint density at radius 2 is 0.781 bits per heavy atom. The third kappa shape index (κ3) is 3.24. The van der Waals surface area contributed by atoms with Gasteiger partial charge in [-0.3, -0.25) is 0 Å². The fourth-order valence-electron chi connectivity index (χ4n) is 5.30. The number of hydrogen-bond donors (Lipinski definition) is 0. The Kier molecular flexibility index (Phi) is 4.71. The molecule has 5 aromatic rings. The molecule has 0 aliphatic rings. The molecule has 0 bridgehead atoms. The van der Waals surface area contributed by atoms with Gasteiger partial charge in [0.15, 0.2) is 0 Å². The van der Waals surface area contributed by atoms with Gasteiger partial charge in [0.2, 0.25) is 0 Å². The van der Waals surface area contributed by atoms with Crippen LogP contribution in [0.5, 0.6) is 0 Å². The van der Waals surface area contributed by atoms with Crippen LogP contribution in [0.1, 0.15) is 11.1 Å². The van der Waals surface area contributed by atoms with E-state index in [0.29, 0.717) is 0 Å². The molecule has 0 unspecified atom stereocenters. The fourth-order valence-corrected chi connectivity index (χ4v) is 7.64. The van der Waals surface area contributed by atoms with E-state index in [1.54, 1.807) is 0 Å².